The summed E-state index contributed by atoms with van der Waals surface area (Å²) in [5.41, 5.74) is 3.20. The molecule has 0 amide bonds. The zero-order chi connectivity index (χ0) is 21.8. The molecule has 1 aliphatic rings. The summed E-state index contributed by atoms with van der Waals surface area (Å²) in [6, 6.07) is 11.5. The Labute approximate surface area is 178 Å². The molecule has 0 radical (unpaired) electrons. The maximum Gasteiger partial charge on any atom is 0.320 e. The van der Waals surface area contributed by atoms with E-state index >= 15 is 0 Å². The van der Waals surface area contributed by atoms with E-state index in [2.05, 4.69) is 43.0 Å². The fraction of sp³-hybridized carbons (Fsp3) is 0.458. The highest BCUT2D eigenvalue weighted by molar-refractivity contribution is 5.74. The lowest BCUT2D eigenvalue weighted by molar-refractivity contribution is -0.142. The zero-order valence-electron chi connectivity index (χ0n) is 18.3. The number of methoxy groups -OCH3 is 3. The zero-order valence-corrected chi connectivity index (χ0v) is 18.3. The van der Waals surface area contributed by atoms with Gasteiger partial charge in [0, 0.05) is 6.54 Å². The van der Waals surface area contributed by atoms with Crippen molar-refractivity contribution >= 4 is 5.97 Å². The van der Waals surface area contributed by atoms with Gasteiger partial charge in [0.15, 0.2) is 11.5 Å². The molecule has 162 valence electrons. The monoisotopic (exact) mass is 413 g/mol. The number of likely N-dealkylation sites (tertiary alicyclic amines) is 1. The minimum absolute atomic E-state index is 0.233. The van der Waals surface area contributed by atoms with Gasteiger partial charge in [-0.1, -0.05) is 38.1 Å². The Morgan fingerprint density at radius 1 is 0.967 bits per heavy atom. The summed E-state index contributed by atoms with van der Waals surface area (Å²) >= 11 is 0. The van der Waals surface area contributed by atoms with Crippen molar-refractivity contribution in [1.82, 2.24) is 4.90 Å². The molecule has 0 bridgehead atoms. The van der Waals surface area contributed by atoms with Gasteiger partial charge in [-0.25, -0.2) is 0 Å². The summed E-state index contributed by atoms with van der Waals surface area (Å²) in [7, 11) is 4.75. The number of carboxylic acids is 1. The Morgan fingerprint density at radius 2 is 1.53 bits per heavy atom. The van der Waals surface area contributed by atoms with E-state index in [0.29, 0.717) is 36.1 Å². The minimum Gasteiger partial charge on any atom is -0.493 e. The number of rotatable bonds is 8. The molecule has 1 saturated heterocycles. The molecule has 2 aromatic carbocycles. The third-order valence-electron chi connectivity index (χ3n) is 5.83. The van der Waals surface area contributed by atoms with Crippen LogP contribution in [0, 0.1) is 0 Å². The van der Waals surface area contributed by atoms with Crippen molar-refractivity contribution in [1.29, 1.82) is 0 Å². The van der Waals surface area contributed by atoms with Crippen LogP contribution in [0.3, 0.4) is 0 Å². The maximum atomic E-state index is 12.0. The van der Waals surface area contributed by atoms with Crippen LogP contribution < -0.4 is 14.2 Å². The first-order valence-electron chi connectivity index (χ1n) is 10.3. The number of hydrogen-bond donors (Lipinski definition) is 1. The maximum absolute atomic E-state index is 12.0. The van der Waals surface area contributed by atoms with E-state index in [1.54, 1.807) is 21.3 Å². The van der Waals surface area contributed by atoms with Gasteiger partial charge in [0.25, 0.3) is 0 Å². The second-order valence-electron chi connectivity index (χ2n) is 7.92. The average molecular weight is 414 g/mol. The summed E-state index contributed by atoms with van der Waals surface area (Å²) in [4.78, 5) is 14.0. The van der Waals surface area contributed by atoms with Crippen LogP contribution in [0.5, 0.6) is 17.2 Å². The van der Waals surface area contributed by atoms with E-state index in [1.165, 1.54) is 5.56 Å². The molecule has 1 heterocycles. The lowest BCUT2D eigenvalue weighted by Crippen LogP contribution is -2.39. The largest absolute Gasteiger partial charge is 0.493 e. The minimum atomic E-state index is -0.788. The molecule has 0 spiro atoms. The highest BCUT2D eigenvalue weighted by atomic mass is 16.5. The van der Waals surface area contributed by atoms with Crippen molar-refractivity contribution in [3.63, 3.8) is 0 Å². The lowest BCUT2D eigenvalue weighted by atomic mass is 9.93. The quantitative estimate of drug-likeness (QED) is 0.688. The van der Waals surface area contributed by atoms with E-state index in [9.17, 15) is 9.90 Å². The summed E-state index contributed by atoms with van der Waals surface area (Å²) < 4.78 is 16.6. The fourth-order valence-electron chi connectivity index (χ4n) is 4.26. The summed E-state index contributed by atoms with van der Waals surface area (Å²) in [6.45, 7) is 5.03. The summed E-state index contributed by atoms with van der Waals surface area (Å²) in [5.74, 6) is 1.28. The standard InChI is InChI=1S/C24H31NO5/c1-15(2)16-8-10-17(11-9-16)22(25-12-6-7-19(25)24(26)27)18-13-20(28-3)23(30-5)21(14-18)29-4/h8-11,13-15,19,22H,6-7,12H2,1-5H3,(H,26,27). The molecular weight excluding hydrogens is 382 g/mol. The number of benzene rings is 2. The molecule has 0 saturated carbocycles. The number of carboxylic acid groups (broad SMARTS) is 1. The lowest BCUT2D eigenvalue weighted by Gasteiger charge is -2.32. The predicted molar refractivity (Wildman–Crippen MR) is 116 cm³/mol. The van der Waals surface area contributed by atoms with Gasteiger partial charge < -0.3 is 19.3 Å². The van der Waals surface area contributed by atoms with Crippen molar-refractivity contribution in [2.45, 2.75) is 44.7 Å². The molecule has 30 heavy (non-hydrogen) atoms. The van der Waals surface area contributed by atoms with Crippen molar-refractivity contribution in [3.8, 4) is 17.2 Å². The molecule has 1 N–H and O–H groups in total. The Hall–Kier alpha value is -2.73. The van der Waals surface area contributed by atoms with Crippen molar-refractivity contribution in [3.05, 3.63) is 53.1 Å². The van der Waals surface area contributed by atoms with Crippen LogP contribution in [-0.4, -0.2) is 49.9 Å². The average Bonchev–Trinajstić information content (AvgIpc) is 3.23. The van der Waals surface area contributed by atoms with Crippen LogP contribution in [0.1, 0.15) is 55.3 Å². The summed E-state index contributed by atoms with van der Waals surface area (Å²) in [5, 5.41) is 9.82. The Bertz CT molecular complexity index is 853. The Morgan fingerprint density at radius 3 is 2.00 bits per heavy atom. The van der Waals surface area contributed by atoms with E-state index in [4.69, 9.17) is 14.2 Å². The first kappa shape index (κ1) is 22.0. The van der Waals surface area contributed by atoms with E-state index in [-0.39, 0.29) is 6.04 Å². The number of hydrogen-bond acceptors (Lipinski definition) is 5. The van der Waals surface area contributed by atoms with Gasteiger partial charge in [-0.2, -0.15) is 0 Å². The first-order chi connectivity index (χ1) is 14.4. The van der Waals surface area contributed by atoms with Gasteiger partial charge >= 0.3 is 5.97 Å². The van der Waals surface area contributed by atoms with Gasteiger partial charge in [-0.3, -0.25) is 9.69 Å². The molecule has 3 rings (SSSR count). The van der Waals surface area contributed by atoms with E-state index in [1.807, 2.05) is 12.1 Å². The molecule has 2 unspecified atom stereocenters. The van der Waals surface area contributed by atoms with E-state index < -0.39 is 12.0 Å². The molecule has 0 aromatic heterocycles. The topological polar surface area (TPSA) is 68.2 Å². The molecule has 0 aliphatic carbocycles. The van der Waals surface area contributed by atoms with Gasteiger partial charge in [-0.05, 0) is 47.6 Å². The smallest absolute Gasteiger partial charge is 0.320 e. The van der Waals surface area contributed by atoms with Crippen molar-refractivity contribution in [2.24, 2.45) is 0 Å². The van der Waals surface area contributed by atoms with Gasteiger partial charge in [0.05, 0.1) is 27.4 Å². The number of ether oxygens (including phenoxy) is 3. The normalized spacial score (nSPS) is 17.7. The van der Waals surface area contributed by atoms with Gasteiger partial charge in [0.1, 0.15) is 6.04 Å². The Kier molecular flexibility index (Phi) is 6.87. The molecule has 6 nitrogen and oxygen atoms in total. The van der Waals surface area contributed by atoms with Crippen LogP contribution in [0.25, 0.3) is 0 Å². The second kappa shape index (κ2) is 9.39. The van der Waals surface area contributed by atoms with E-state index in [0.717, 1.165) is 17.5 Å². The van der Waals surface area contributed by atoms with Crippen LogP contribution in [0.2, 0.25) is 0 Å². The van der Waals surface area contributed by atoms with Crippen molar-refractivity contribution < 1.29 is 24.1 Å². The molecule has 1 fully saturated rings. The number of aliphatic carboxylic acids is 1. The second-order valence-corrected chi connectivity index (χ2v) is 7.92. The van der Waals surface area contributed by atoms with Crippen LogP contribution in [0.4, 0.5) is 0 Å². The molecule has 2 atom stereocenters. The SMILES string of the molecule is COc1cc(C(c2ccc(C(C)C)cc2)N2CCCC2C(=O)O)cc(OC)c1OC. The Balaban J connectivity index is 2.15. The third-order valence-corrected chi connectivity index (χ3v) is 5.83. The molecule has 2 aromatic rings. The van der Waals surface area contributed by atoms with Gasteiger partial charge in [-0.15, -0.1) is 0 Å². The molecule has 1 aliphatic heterocycles. The molecular formula is C24H31NO5. The van der Waals surface area contributed by atoms with Gasteiger partial charge in [0.2, 0.25) is 5.75 Å². The molecule has 6 heteroatoms. The summed E-state index contributed by atoms with van der Waals surface area (Å²) in [6.07, 6.45) is 1.49. The highest BCUT2D eigenvalue weighted by Crippen LogP contribution is 2.43. The highest BCUT2D eigenvalue weighted by Gasteiger charge is 2.37. The first-order valence-corrected chi connectivity index (χ1v) is 10.3. The number of nitrogens with zero attached hydrogens (tertiary/aromatic N) is 1. The van der Waals surface area contributed by atoms with Crippen LogP contribution in [-0.2, 0) is 4.79 Å². The van der Waals surface area contributed by atoms with Crippen LogP contribution in [0.15, 0.2) is 36.4 Å². The predicted octanol–water partition coefficient (Wildman–Crippen LogP) is 4.47. The van der Waals surface area contributed by atoms with Crippen LogP contribution >= 0.6 is 0 Å². The fourth-order valence-corrected chi connectivity index (χ4v) is 4.26. The third kappa shape index (κ3) is 4.24. The van der Waals surface area contributed by atoms with Crippen molar-refractivity contribution in [2.75, 3.05) is 27.9 Å². The number of carbonyl (C=O) groups is 1.